The van der Waals surface area contributed by atoms with Crippen molar-refractivity contribution in [2.75, 3.05) is 17.4 Å². The zero-order chi connectivity index (χ0) is 20.6. The average Bonchev–Trinajstić information content (AvgIpc) is 2.87. The molecule has 0 radical (unpaired) electrons. The highest BCUT2D eigenvalue weighted by molar-refractivity contribution is 14.1. The van der Waals surface area contributed by atoms with Gasteiger partial charge in [-0.05, 0) is 59.2 Å². The molecule has 3 aromatic rings. The number of carbonyl (C=O) groups is 1. The van der Waals surface area contributed by atoms with Crippen molar-refractivity contribution in [3.05, 3.63) is 38.3 Å². The number of hydrogen-bond acceptors (Lipinski definition) is 5. The van der Waals surface area contributed by atoms with Crippen molar-refractivity contribution in [3.8, 4) is 0 Å². The van der Waals surface area contributed by atoms with Crippen LogP contribution >= 0.6 is 34.2 Å². The lowest BCUT2D eigenvalue weighted by Crippen LogP contribution is -2.42. The Labute approximate surface area is 181 Å². The molecule has 3 heterocycles. The van der Waals surface area contributed by atoms with Crippen LogP contribution in [0, 0.1) is 10.6 Å². The summed E-state index contributed by atoms with van der Waals surface area (Å²) in [4.78, 5) is 21.1. The molecule has 0 bridgehead atoms. The number of pyridine rings is 2. The fourth-order valence-electron chi connectivity index (χ4n) is 3.00. The van der Waals surface area contributed by atoms with Gasteiger partial charge >= 0.3 is 6.03 Å². The maximum atomic E-state index is 12.4. The average molecular weight is 514 g/mol. The van der Waals surface area contributed by atoms with Crippen LogP contribution in [0.3, 0.4) is 0 Å². The first-order valence-electron chi connectivity index (χ1n) is 8.64. The fraction of sp³-hybridized carbons (Fsp3) is 0.333. The molecule has 2 amide bonds. The highest BCUT2D eigenvalue weighted by atomic mass is 127. The minimum absolute atomic E-state index is 0.287. The molecule has 3 aromatic heterocycles. The number of nitrogens with one attached hydrogen (secondary N) is 2. The van der Waals surface area contributed by atoms with E-state index in [1.54, 1.807) is 28.9 Å². The number of hydrazine groups is 1. The van der Waals surface area contributed by atoms with Gasteiger partial charge in [-0.25, -0.2) is 20.2 Å². The SMILES string of the molecule is Cc1nn(C)c2nc(N(C)NC(=O)Nc3cc(Cl)nc(I)c3)cc(C(C)C)c12. The van der Waals surface area contributed by atoms with E-state index in [1.165, 1.54) is 0 Å². The monoisotopic (exact) mass is 513 g/mol. The summed E-state index contributed by atoms with van der Waals surface area (Å²) < 4.78 is 2.45. The first kappa shape index (κ1) is 20.6. The quantitative estimate of drug-likeness (QED) is 0.310. The summed E-state index contributed by atoms with van der Waals surface area (Å²) in [5.41, 5.74) is 6.18. The summed E-state index contributed by atoms with van der Waals surface area (Å²) in [7, 11) is 3.61. The van der Waals surface area contributed by atoms with E-state index < -0.39 is 6.03 Å². The lowest BCUT2D eigenvalue weighted by Gasteiger charge is -2.21. The van der Waals surface area contributed by atoms with Gasteiger partial charge in [-0.2, -0.15) is 5.10 Å². The summed E-state index contributed by atoms with van der Waals surface area (Å²) in [6, 6.07) is 4.89. The summed E-state index contributed by atoms with van der Waals surface area (Å²) in [6.45, 7) is 6.23. The lowest BCUT2D eigenvalue weighted by molar-refractivity contribution is 0.251. The zero-order valence-electron chi connectivity index (χ0n) is 16.2. The van der Waals surface area contributed by atoms with Crippen LogP contribution in [0.1, 0.15) is 31.0 Å². The van der Waals surface area contributed by atoms with E-state index in [0.29, 0.717) is 20.4 Å². The minimum atomic E-state index is -0.408. The maximum absolute atomic E-state index is 12.4. The van der Waals surface area contributed by atoms with E-state index in [4.69, 9.17) is 11.6 Å². The van der Waals surface area contributed by atoms with Crippen molar-refractivity contribution in [1.29, 1.82) is 0 Å². The van der Waals surface area contributed by atoms with E-state index >= 15 is 0 Å². The van der Waals surface area contributed by atoms with Gasteiger partial charge in [-0.1, -0.05) is 25.4 Å². The number of fused-ring (bicyclic) bond motifs is 1. The molecule has 2 N–H and O–H groups in total. The number of nitrogens with zero attached hydrogens (tertiary/aromatic N) is 5. The number of amides is 2. The Bertz CT molecular complexity index is 1030. The summed E-state index contributed by atoms with van der Waals surface area (Å²) in [5.74, 6) is 0.909. The van der Waals surface area contributed by atoms with Gasteiger partial charge in [0.1, 0.15) is 14.7 Å². The molecule has 8 nitrogen and oxygen atoms in total. The Hall–Kier alpha value is -2.14. The Balaban J connectivity index is 1.85. The molecule has 0 aliphatic rings. The van der Waals surface area contributed by atoms with Crippen LogP contribution in [0.4, 0.5) is 16.3 Å². The van der Waals surface area contributed by atoms with Gasteiger partial charge in [0.25, 0.3) is 0 Å². The first-order valence-corrected chi connectivity index (χ1v) is 10.1. The molecule has 28 heavy (non-hydrogen) atoms. The van der Waals surface area contributed by atoms with E-state index in [-0.39, 0.29) is 5.92 Å². The molecular weight excluding hydrogens is 493 g/mol. The molecule has 0 spiro atoms. The third kappa shape index (κ3) is 4.30. The normalized spacial score (nSPS) is 11.1. The van der Waals surface area contributed by atoms with Crippen molar-refractivity contribution in [2.24, 2.45) is 7.05 Å². The lowest BCUT2D eigenvalue weighted by atomic mass is 10.00. The van der Waals surface area contributed by atoms with Crippen LogP contribution in [0.2, 0.25) is 5.15 Å². The predicted molar refractivity (Wildman–Crippen MR) is 120 cm³/mol. The van der Waals surface area contributed by atoms with Crippen LogP contribution in [0.25, 0.3) is 11.0 Å². The van der Waals surface area contributed by atoms with Crippen molar-refractivity contribution in [3.63, 3.8) is 0 Å². The molecule has 0 aromatic carbocycles. The standard InChI is InChI=1S/C18H21ClIN7O/c1-9(2)12-8-15(23-17-16(12)10(3)24-27(17)5)26(4)25-18(28)21-11-6-13(19)22-14(20)7-11/h6-9H,1-5H3,(H2,21,22,25,28). The molecule has 0 unspecified atom stereocenters. The zero-order valence-corrected chi connectivity index (χ0v) is 19.1. The van der Waals surface area contributed by atoms with Crippen LogP contribution in [0.5, 0.6) is 0 Å². The molecule has 0 aliphatic heterocycles. The van der Waals surface area contributed by atoms with Crippen LogP contribution in [-0.4, -0.2) is 32.8 Å². The third-order valence-electron chi connectivity index (χ3n) is 4.24. The first-order chi connectivity index (χ1) is 13.2. The van der Waals surface area contributed by atoms with E-state index in [9.17, 15) is 4.79 Å². The van der Waals surface area contributed by atoms with Crippen molar-refractivity contribution in [1.82, 2.24) is 25.2 Å². The van der Waals surface area contributed by atoms with Gasteiger partial charge in [0.2, 0.25) is 0 Å². The third-order valence-corrected chi connectivity index (χ3v) is 4.99. The number of aromatic nitrogens is 4. The largest absolute Gasteiger partial charge is 0.338 e. The number of urea groups is 1. The fourth-order valence-corrected chi connectivity index (χ4v) is 3.94. The molecular formula is C18H21ClIN7O. The van der Waals surface area contributed by atoms with Gasteiger partial charge in [-0.15, -0.1) is 0 Å². The molecule has 0 saturated carbocycles. The molecule has 10 heteroatoms. The summed E-state index contributed by atoms with van der Waals surface area (Å²) in [5, 5.41) is 10.2. The van der Waals surface area contributed by atoms with Crippen LogP contribution in [-0.2, 0) is 7.05 Å². The Morgan fingerprint density at radius 1 is 1.29 bits per heavy atom. The maximum Gasteiger partial charge on any atom is 0.338 e. The van der Waals surface area contributed by atoms with E-state index in [1.807, 2.05) is 42.6 Å². The molecule has 3 rings (SSSR count). The number of carbonyl (C=O) groups excluding carboxylic acids is 1. The van der Waals surface area contributed by atoms with Crippen molar-refractivity contribution in [2.45, 2.75) is 26.7 Å². The molecule has 0 saturated heterocycles. The number of rotatable bonds is 4. The van der Waals surface area contributed by atoms with Crippen molar-refractivity contribution < 1.29 is 4.79 Å². The smallest absolute Gasteiger partial charge is 0.306 e. The summed E-state index contributed by atoms with van der Waals surface area (Å²) >= 11 is 7.98. The number of hydrogen-bond donors (Lipinski definition) is 2. The van der Waals surface area contributed by atoms with Crippen molar-refractivity contribution >= 4 is 62.8 Å². The molecule has 0 atom stereocenters. The molecule has 0 aliphatic carbocycles. The molecule has 0 fully saturated rings. The van der Waals surface area contributed by atoms with Gasteiger partial charge in [-0.3, -0.25) is 9.69 Å². The highest BCUT2D eigenvalue weighted by Gasteiger charge is 2.18. The van der Waals surface area contributed by atoms with Gasteiger partial charge < -0.3 is 5.32 Å². The second kappa shape index (κ2) is 8.08. The minimum Gasteiger partial charge on any atom is -0.306 e. The van der Waals surface area contributed by atoms with E-state index in [2.05, 4.69) is 39.7 Å². The summed E-state index contributed by atoms with van der Waals surface area (Å²) in [6.07, 6.45) is 0. The number of anilines is 2. The van der Waals surface area contributed by atoms with E-state index in [0.717, 1.165) is 22.3 Å². The van der Waals surface area contributed by atoms with Crippen LogP contribution in [0.15, 0.2) is 18.2 Å². The van der Waals surface area contributed by atoms with Crippen LogP contribution < -0.4 is 15.8 Å². The Kier molecular flexibility index (Phi) is 5.94. The van der Waals surface area contributed by atoms with Gasteiger partial charge in [0.05, 0.1) is 5.69 Å². The second-order valence-corrected chi connectivity index (χ2v) is 8.25. The number of halogens is 2. The molecule has 148 valence electrons. The second-order valence-electron chi connectivity index (χ2n) is 6.76. The number of aryl methyl sites for hydroxylation is 2. The Morgan fingerprint density at radius 3 is 2.64 bits per heavy atom. The highest BCUT2D eigenvalue weighted by Crippen LogP contribution is 2.29. The van der Waals surface area contributed by atoms with Gasteiger partial charge in [0, 0.05) is 25.2 Å². The van der Waals surface area contributed by atoms with Gasteiger partial charge in [0.15, 0.2) is 5.65 Å². The topological polar surface area (TPSA) is 88.0 Å². The predicted octanol–water partition coefficient (Wildman–Crippen LogP) is 4.23. The Morgan fingerprint density at radius 2 is 2.00 bits per heavy atom.